The normalized spacial score (nSPS) is 16.7. The molecule has 0 aliphatic carbocycles. The van der Waals surface area contributed by atoms with E-state index in [1.807, 2.05) is 44.2 Å². The number of hydrogen-bond donors (Lipinski definition) is 0. The molecule has 1 aliphatic heterocycles. The second kappa shape index (κ2) is 7.09. The second-order valence-corrected chi connectivity index (χ2v) is 7.87. The van der Waals surface area contributed by atoms with Gasteiger partial charge in [-0.3, -0.25) is 14.5 Å². The average Bonchev–Trinajstić information content (AvgIpc) is 3.06. The molecule has 0 bridgehead atoms. The number of imide groups is 1. The van der Waals surface area contributed by atoms with Crippen LogP contribution in [0.4, 0.5) is 4.79 Å². The van der Waals surface area contributed by atoms with Gasteiger partial charge in [0.25, 0.3) is 11.1 Å². The van der Waals surface area contributed by atoms with Gasteiger partial charge in [-0.05, 0) is 62.0 Å². The van der Waals surface area contributed by atoms with Gasteiger partial charge in [0.15, 0.2) is 5.09 Å². The van der Waals surface area contributed by atoms with Crippen LogP contribution in [0.15, 0.2) is 55.7 Å². The molecule has 7 heteroatoms. The van der Waals surface area contributed by atoms with Gasteiger partial charge in [-0.2, -0.15) is 0 Å². The van der Waals surface area contributed by atoms with Crippen molar-refractivity contribution < 1.29 is 14.0 Å². The Labute approximate surface area is 153 Å². The largest absolute Gasteiger partial charge is 0.450 e. The SMILES string of the molecule is CC(C)N1C(=O)SC(=Cc2ccc(Sc3ccc(Cl)cc3)o2)C1=O. The monoisotopic (exact) mass is 379 g/mol. The van der Waals surface area contributed by atoms with Crippen molar-refractivity contribution in [3.05, 3.63) is 52.1 Å². The third-order valence-corrected chi connectivity index (χ3v) is 5.31. The first-order valence-corrected chi connectivity index (χ1v) is 9.25. The van der Waals surface area contributed by atoms with E-state index in [2.05, 4.69) is 0 Å². The Morgan fingerprint density at radius 3 is 2.50 bits per heavy atom. The number of nitrogens with zero attached hydrogens (tertiary/aromatic N) is 1. The third-order valence-electron chi connectivity index (χ3n) is 3.25. The number of hydrogen-bond acceptors (Lipinski definition) is 5. The van der Waals surface area contributed by atoms with Crippen molar-refractivity contribution in [3.8, 4) is 0 Å². The molecule has 1 aromatic heterocycles. The maximum atomic E-state index is 12.2. The molecule has 0 unspecified atom stereocenters. The molecule has 1 saturated heterocycles. The lowest BCUT2D eigenvalue weighted by Gasteiger charge is -2.16. The zero-order chi connectivity index (χ0) is 17.3. The van der Waals surface area contributed by atoms with Gasteiger partial charge >= 0.3 is 0 Å². The zero-order valence-electron chi connectivity index (χ0n) is 13.0. The molecule has 0 atom stereocenters. The Morgan fingerprint density at radius 1 is 1.17 bits per heavy atom. The maximum absolute atomic E-state index is 12.2. The van der Waals surface area contributed by atoms with E-state index < -0.39 is 0 Å². The Bertz CT molecular complexity index is 811. The van der Waals surface area contributed by atoms with Crippen LogP contribution in [0.5, 0.6) is 0 Å². The number of carbonyl (C=O) groups is 2. The molecule has 24 heavy (non-hydrogen) atoms. The zero-order valence-corrected chi connectivity index (χ0v) is 15.4. The molecule has 0 N–H and O–H groups in total. The van der Waals surface area contributed by atoms with E-state index in [0.717, 1.165) is 16.7 Å². The summed E-state index contributed by atoms with van der Waals surface area (Å²) in [6.45, 7) is 3.63. The summed E-state index contributed by atoms with van der Waals surface area (Å²) in [5.74, 6) is 0.268. The number of carbonyl (C=O) groups excluding carboxylic acids is 2. The number of halogens is 1. The van der Waals surface area contributed by atoms with E-state index in [1.165, 1.54) is 16.7 Å². The van der Waals surface area contributed by atoms with E-state index in [4.69, 9.17) is 16.0 Å². The van der Waals surface area contributed by atoms with Crippen LogP contribution in [0.1, 0.15) is 19.6 Å². The number of amides is 2. The predicted octanol–water partition coefficient (Wildman–Crippen LogP) is 5.53. The van der Waals surface area contributed by atoms with Crippen LogP contribution in [0, 0.1) is 0 Å². The van der Waals surface area contributed by atoms with Crippen molar-refractivity contribution in [2.75, 3.05) is 0 Å². The Morgan fingerprint density at radius 2 is 1.88 bits per heavy atom. The van der Waals surface area contributed by atoms with Crippen LogP contribution in [-0.4, -0.2) is 22.1 Å². The lowest BCUT2D eigenvalue weighted by molar-refractivity contribution is -0.123. The summed E-state index contributed by atoms with van der Waals surface area (Å²) < 4.78 is 5.72. The first-order valence-electron chi connectivity index (χ1n) is 7.24. The summed E-state index contributed by atoms with van der Waals surface area (Å²) in [6.07, 6.45) is 1.61. The van der Waals surface area contributed by atoms with Crippen LogP contribution >= 0.6 is 35.1 Å². The predicted molar refractivity (Wildman–Crippen MR) is 97.2 cm³/mol. The quantitative estimate of drug-likeness (QED) is 0.654. The molecule has 2 aromatic rings. The third kappa shape index (κ3) is 3.71. The highest BCUT2D eigenvalue weighted by Crippen LogP contribution is 2.35. The Balaban J connectivity index is 1.75. The summed E-state index contributed by atoms with van der Waals surface area (Å²) >= 11 is 8.26. The van der Waals surface area contributed by atoms with E-state index in [0.29, 0.717) is 20.8 Å². The molecule has 4 nitrogen and oxygen atoms in total. The van der Waals surface area contributed by atoms with Gasteiger partial charge in [-0.1, -0.05) is 23.4 Å². The van der Waals surface area contributed by atoms with E-state index in [1.54, 1.807) is 12.1 Å². The van der Waals surface area contributed by atoms with Crippen molar-refractivity contribution in [1.29, 1.82) is 0 Å². The molecule has 1 aliphatic rings. The lowest BCUT2D eigenvalue weighted by Crippen LogP contribution is -2.34. The summed E-state index contributed by atoms with van der Waals surface area (Å²) in [4.78, 5) is 26.8. The number of thioether (sulfide) groups is 1. The fourth-order valence-corrected chi connectivity index (χ4v) is 3.99. The maximum Gasteiger partial charge on any atom is 0.293 e. The number of furan rings is 1. The summed E-state index contributed by atoms with van der Waals surface area (Å²) in [7, 11) is 0. The van der Waals surface area contributed by atoms with Crippen LogP contribution in [-0.2, 0) is 4.79 Å². The summed E-state index contributed by atoms with van der Waals surface area (Å²) in [6, 6.07) is 10.9. The van der Waals surface area contributed by atoms with Crippen molar-refractivity contribution in [2.45, 2.75) is 29.9 Å². The van der Waals surface area contributed by atoms with Crippen LogP contribution < -0.4 is 0 Å². The van der Waals surface area contributed by atoms with Gasteiger partial charge in [-0.15, -0.1) is 0 Å². The molecular weight excluding hydrogens is 366 g/mol. The highest BCUT2D eigenvalue weighted by molar-refractivity contribution is 8.18. The molecule has 0 saturated carbocycles. The lowest BCUT2D eigenvalue weighted by atomic mass is 10.3. The Hall–Kier alpha value is -1.63. The Kier molecular flexibility index (Phi) is 5.08. The molecule has 0 spiro atoms. The molecule has 1 fully saturated rings. The first kappa shape index (κ1) is 17.2. The minimum Gasteiger partial charge on any atom is -0.450 e. The van der Waals surface area contributed by atoms with Crippen molar-refractivity contribution in [1.82, 2.24) is 4.90 Å². The molecule has 2 heterocycles. The van der Waals surface area contributed by atoms with Gasteiger partial charge in [0.05, 0.1) is 4.91 Å². The first-order chi connectivity index (χ1) is 11.4. The fourth-order valence-electron chi connectivity index (χ4n) is 2.14. The van der Waals surface area contributed by atoms with Gasteiger partial charge in [-0.25, -0.2) is 0 Å². The fraction of sp³-hybridized carbons (Fsp3) is 0.176. The van der Waals surface area contributed by atoms with Gasteiger partial charge < -0.3 is 4.42 Å². The van der Waals surface area contributed by atoms with E-state index >= 15 is 0 Å². The molecule has 0 radical (unpaired) electrons. The van der Waals surface area contributed by atoms with Gasteiger partial charge in [0.1, 0.15) is 5.76 Å². The van der Waals surface area contributed by atoms with Crippen LogP contribution in [0.25, 0.3) is 6.08 Å². The molecule has 2 amide bonds. The topological polar surface area (TPSA) is 50.5 Å². The smallest absolute Gasteiger partial charge is 0.293 e. The van der Waals surface area contributed by atoms with Crippen LogP contribution in [0.3, 0.4) is 0 Å². The number of rotatable bonds is 4. The number of benzene rings is 1. The second-order valence-electron chi connectivity index (χ2n) is 5.36. The minimum atomic E-state index is -0.275. The summed E-state index contributed by atoms with van der Waals surface area (Å²) in [5, 5.41) is 1.13. The van der Waals surface area contributed by atoms with Gasteiger partial charge in [0.2, 0.25) is 0 Å². The molecule has 3 rings (SSSR count). The van der Waals surface area contributed by atoms with Crippen molar-refractivity contribution >= 4 is 52.3 Å². The minimum absolute atomic E-state index is 0.156. The highest BCUT2D eigenvalue weighted by Gasteiger charge is 2.36. The summed E-state index contributed by atoms with van der Waals surface area (Å²) in [5.41, 5.74) is 0. The molecular formula is C17H14ClNO3S2. The van der Waals surface area contributed by atoms with E-state index in [9.17, 15) is 9.59 Å². The van der Waals surface area contributed by atoms with Crippen LogP contribution in [0.2, 0.25) is 5.02 Å². The van der Waals surface area contributed by atoms with Crippen molar-refractivity contribution in [3.63, 3.8) is 0 Å². The average molecular weight is 380 g/mol. The molecule has 1 aromatic carbocycles. The standard InChI is InChI=1S/C17H14ClNO3S2/c1-10(2)19-16(20)14(24-17(19)21)9-12-5-8-15(22-12)23-13-6-3-11(18)4-7-13/h3-10H,1-2H3. The van der Waals surface area contributed by atoms with Crippen molar-refractivity contribution in [2.24, 2.45) is 0 Å². The van der Waals surface area contributed by atoms with Gasteiger partial charge in [0, 0.05) is 22.0 Å². The molecule has 124 valence electrons. The van der Waals surface area contributed by atoms with E-state index in [-0.39, 0.29) is 17.2 Å². The highest BCUT2D eigenvalue weighted by atomic mass is 35.5.